The molecular weight excluding hydrogens is 518 g/mol. The molecule has 0 bridgehead atoms. The smallest absolute Gasteiger partial charge is 0.331 e. The first-order valence-electron chi connectivity index (χ1n) is 12.0. The Bertz CT molecular complexity index is 1160. The summed E-state index contributed by atoms with van der Waals surface area (Å²) < 4.78 is 37.5. The number of hydrogen-bond acceptors (Lipinski definition) is 6. The number of amides is 2. The lowest BCUT2D eigenvalue weighted by molar-refractivity contribution is -0.0546. The molecule has 1 aliphatic heterocycles. The number of carbonyl (C=O) groups is 1. The molecule has 200 valence electrons. The lowest BCUT2D eigenvalue weighted by Gasteiger charge is -2.27. The highest BCUT2D eigenvalue weighted by molar-refractivity contribution is 7.80. The summed E-state index contributed by atoms with van der Waals surface area (Å²) in [6.45, 7) is 5.84. The monoisotopic (exact) mass is 550 g/mol. The van der Waals surface area contributed by atoms with E-state index in [4.69, 9.17) is 26.1 Å². The third-order valence-corrected chi connectivity index (χ3v) is 7.80. The van der Waals surface area contributed by atoms with Crippen molar-refractivity contribution in [1.29, 1.82) is 0 Å². The molecule has 1 heterocycles. The van der Waals surface area contributed by atoms with Crippen LogP contribution in [-0.4, -0.2) is 53.6 Å². The van der Waals surface area contributed by atoms with Crippen LogP contribution in [0, 0.1) is 5.82 Å². The van der Waals surface area contributed by atoms with Gasteiger partial charge in [0.25, 0.3) is 0 Å². The first kappa shape index (κ1) is 28.9. The summed E-state index contributed by atoms with van der Waals surface area (Å²) in [6.07, 6.45) is 0.771. The second-order valence-electron chi connectivity index (χ2n) is 8.42. The fourth-order valence-corrected chi connectivity index (χ4v) is 5.80. The Kier molecular flexibility index (Phi) is 10.3. The minimum absolute atomic E-state index is 0.00205. The number of anilines is 1. The number of nitrogens with zero attached hydrogens (tertiary/aromatic N) is 2. The average molecular weight is 551 g/mol. The third kappa shape index (κ3) is 8.15. The Morgan fingerprint density at radius 2 is 1.86 bits per heavy atom. The molecule has 1 fully saturated rings. The first-order valence-corrected chi connectivity index (χ1v) is 14.1. The number of halogens is 1. The summed E-state index contributed by atoms with van der Waals surface area (Å²) in [4.78, 5) is 23.3. The first-order chi connectivity index (χ1) is 17.7. The Balaban J connectivity index is 1.83. The van der Waals surface area contributed by atoms with E-state index in [1.54, 1.807) is 26.8 Å². The van der Waals surface area contributed by atoms with Crippen molar-refractivity contribution in [3.05, 3.63) is 66.0 Å². The van der Waals surface area contributed by atoms with E-state index < -0.39 is 25.0 Å². The number of thiocarbonyl (C=S) groups is 1. The van der Waals surface area contributed by atoms with Crippen LogP contribution in [0.2, 0.25) is 0 Å². The van der Waals surface area contributed by atoms with Crippen LogP contribution in [0.5, 0.6) is 0 Å². The van der Waals surface area contributed by atoms with Crippen LogP contribution in [0.1, 0.15) is 32.8 Å². The summed E-state index contributed by atoms with van der Waals surface area (Å²) in [5.74, 6) is -0.254. The lowest BCUT2D eigenvalue weighted by Crippen LogP contribution is -2.45. The lowest BCUT2D eigenvalue weighted by atomic mass is 9.99. The van der Waals surface area contributed by atoms with Gasteiger partial charge in [-0.2, -0.15) is 5.06 Å². The molecule has 0 aromatic heterocycles. The van der Waals surface area contributed by atoms with Crippen molar-refractivity contribution < 1.29 is 27.6 Å². The van der Waals surface area contributed by atoms with Gasteiger partial charge in [-0.3, -0.25) is 9.40 Å². The minimum Gasteiger partial charge on any atom is -0.331 e. The van der Waals surface area contributed by atoms with Crippen LogP contribution in [0.25, 0.3) is 0 Å². The standard InChI is InChI=1S/C25H32FN4O5PS/c1-4-34-36(32,35-5-2)17-15-25(3)22(28-23(37)27-21-13-9-12-20(26)18-21)30(24(31)29-25)33-16-14-19-10-7-6-8-11-19/h6-13,18H,4-5,14-17H2,1-3H3,(H,27,37)(H,29,31). The van der Waals surface area contributed by atoms with Gasteiger partial charge in [-0.05, 0) is 69.6 Å². The Hall–Kier alpha value is -2.69. The van der Waals surface area contributed by atoms with E-state index in [1.165, 1.54) is 18.2 Å². The number of urea groups is 1. The molecule has 0 radical (unpaired) electrons. The van der Waals surface area contributed by atoms with Crippen LogP contribution in [-0.2, 0) is 24.9 Å². The molecule has 9 nitrogen and oxygen atoms in total. The molecule has 1 aliphatic rings. The molecule has 2 N–H and O–H groups in total. The van der Waals surface area contributed by atoms with Gasteiger partial charge < -0.3 is 19.7 Å². The molecule has 12 heteroatoms. The van der Waals surface area contributed by atoms with Gasteiger partial charge in [-0.15, -0.1) is 0 Å². The third-order valence-electron chi connectivity index (χ3n) is 5.53. The summed E-state index contributed by atoms with van der Waals surface area (Å²) in [6, 6.07) is 14.9. The maximum atomic E-state index is 13.6. The van der Waals surface area contributed by atoms with E-state index in [1.807, 2.05) is 30.3 Å². The fraction of sp³-hybridized carbons (Fsp3) is 0.400. The minimum atomic E-state index is -3.39. The van der Waals surface area contributed by atoms with Gasteiger partial charge in [0.1, 0.15) is 11.4 Å². The van der Waals surface area contributed by atoms with Crippen LogP contribution in [0.3, 0.4) is 0 Å². The van der Waals surface area contributed by atoms with E-state index in [2.05, 4.69) is 15.6 Å². The molecule has 0 saturated carbocycles. The molecule has 1 atom stereocenters. The Morgan fingerprint density at radius 3 is 2.51 bits per heavy atom. The molecule has 1 saturated heterocycles. The van der Waals surface area contributed by atoms with Gasteiger partial charge >= 0.3 is 13.6 Å². The zero-order valence-electron chi connectivity index (χ0n) is 21.1. The molecule has 37 heavy (non-hydrogen) atoms. The van der Waals surface area contributed by atoms with Crippen molar-refractivity contribution >= 4 is 42.5 Å². The molecule has 2 aromatic rings. The number of hydrogen-bond donors (Lipinski definition) is 2. The van der Waals surface area contributed by atoms with E-state index in [0.717, 1.165) is 10.6 Å². The van der Waals surface area contributed by atoms with Gasteiger partial charge in [-0.1, -0.05) is 36.4 Å². The van der Waals surface area contributed by atoms with Crippen molar-refractivity contribution in [2.75, 3.05) is 31.3 Å². The SMILES string of the molecule is CCOP(=O)(CCC1(C)NC(=O)N(OCCc2ccccc2)C1=NC(=S)Nc1cccc(F)c1)OCC. The van der Waals surface area contributed by atoms with E-state index in [-0.39, 0.29) is 43.4 Å². The number of amidine groups is 1. The number of nitrogens with one attached hydrogen (secondary N) is 2. The van der Waals surface area contributed by atoms with Crippen LogP contribution in [0.15, 0.2) is 59.6 Å². The predicted molar refractivity (Wildman–Crippen MR) is 145 cm³/mol. The summed E-state index contributed by atoms with van der Waals surface area (Å²) in [5, 5.41) is 6.78. The van der Waals surface area contributed by atoms with E-state index in [0.29, 0.717) is 12.1 Å². The summed E-state index contributed by atoms with van der Waals surface area (Å²) >= 11 is 5.39. The zero-order chi connectivity index (χ0) is 26.9. The summed E-state index contributed by atoms with van der Waals surface area (Å²) in [5.41, 5.74) is 0.351. The molecule has 2 amide bonds. The van der Waals surface area contributed by atoms with Gasteiger partial charge in [0.15, 0.2) is 10.9 Å². The molecule has 1 unspecified atom stereocenters. The van der Waals surface area contributed by atoms with Crippen LogP contribution >= 0.6 is 19.8 Å². The van der Waals surface area contributed by atoms with Gasteiger partial charge in [0.2, 0.25) is 0 Å². The van der Waals surface area contributed by atoms with E-state index >= 15 is 0 Å². The van der Waals surface area contributed by atoms with Crippen molar-refractivity contribution in [2.24, 2.45) is 4.99 Å². The fourth-order valence-electron chi connectivity index (χ4n) is 3.76. The van der Waals surface area contributed by atoms with E-state index in [9.17, 15) is 13.8 Å². The van der Waals surface area contributed by atoms with Gasteiger partial charge in [0, 0.05) is 5.69 Å². The number of benzene rings is 2. The molecular formula is C25H32FN4O5PS. The maximum Gasteiger partial charge on any atom is 0.348 e. The molecule has 3 rings (SSSR count). The normalized spacial score (nSPS) is 18.8. The van der Waals surface area contributed by atoms with Gasteiger partial charge in [-0.25, -0.2) is 14.2 Å². The van der Waals surface area contributed by atoms with Crippen molar-refractivity contribution in [3.63, 3.8) is 0 Å². The molecule has 0 aliphatic carbocycles. The highest BCUT2D eigenvalue weighted by Gasteiger charge is 2.48. The number of carbonyl (C=O) groups excluding carboxylic acids is 1. The quantitative estimate of drug-likeness (QED) is 0.265. The Morgan fingerprint density at radius 1 is 1.16 bits per heavy atom. The second-order valence-corrected chi connectivity index (χ2v) is 11.0. The number of hydroxylamine groups is 2. The molecule has 2 aromatic carbocycles. The van der Waals surface area contributed by atoms with Crippen LogP contribution < -0.4 is 10.6 Å². The highest BCUT2D eigenvalue weighted by atomic mass is 32.1. The topological polar surface area (TPSA) is 101 Å². The molecule has 0 spiro atoms. The van der Waals surface area contributed by atoms with Crippen molar-refractivity contribution in [2.45, 2.75) is 39.2 Å². The second kappa shape index (κ2) is 13.2. The number of aliphatic imine (C=N–C) groups is 1. The van der Waals surface area contributed by atoms with Gasteiger partial charge in [0.05, 0.1) is 26.0 Å². The Labute approximate surface area is 221 Å². The van der Waals surface area contributed by atoms with Crippen molar-refractivity contribution in [1.82, 2.24) is 10.4 Å². The number of rotatable bonds is 12. The highest BCUT2D eigenvalue weighted by Crippen LogP contribution is 2.49. The van der Waals surface area contributed by atoms with Crippen LogP contribution in [0.4, 0.5) is 14.9 Å². The summed E-state index contributed by atoms with van der Waals surface area (Å²) in [7, 11) is -3.39. The van der Waals surface area contributed by atoms with Crippen molar-refractivity contribution in [3.8, 4) is 0 Å². The average Bonchev–Trinajstić information content (AvgIpc) is 3.08. The largest absolute Gasteiger partial charge is 0.348 e. The zero-order valence-corrected chi connectivity index (χ0v) is 22.8. The maximum absolute atomic E-state index is 13.6. The predicted octanol–water partition coefficient (Wildman–Crippen LogP) is 5.54.